The van der Waals surface area contributed by atoms with Crippen LogP contribution < -0.4 is 11.3 Å². The van der Waals surface area contributed by atoms with Crippen LogP contribution in [0.4, 0.5) is 0 Å². The average Bonchev–Trinajstić information content (AvgIpc) is 2.47. The predicted molar refractivity (Wildman–Crippen MR) is 44.1 cm³/mol. The molecule has 0 aliphatic rings. The van der Waals surface area contributed by atoms with E-state index in [0.717, 1.165) is 11.5 Å². The number of amides is 1. The van der Waals surface area contributed by atoms with Crippen molar-refractivity contribution in [2.45, 2.75) is 19.8 Å². The van der Waals surface area contributed by atoms with E-state index in [0.29, 0.717) is 12.8 Å². The number of hydrogen-bond donors (Lipinski definition) is 2. The topological polar surface area (TPSA) is 68.3 Å². The van der Waals surface area contributed by atoms with E-state index < -0.39 is 0 Å². The first-order valence-corrected chi connectivity index (χ1v) is 3.77. The Morgan fingerprint density at radius 1 is 1.67 bits per heavy atom. The summed E-state index contributed by atoms with van der Waals surface area (Å²) in [5, 5.41) is 0. The molecule has 0 aliphatic heterocycles. The molecule has 1 heterocycles. The first-order chi connectivity index (χ1) is 5.72. The van der Waals surface area contributed by atoms with Crippen molar-refractivity contribution >= 4 is 5.91 Å². The first-order valence-electron chi connectivity index (χ1n) is 3.77. The summed E-state index contributed by atoms with van der Waals surface area (Å²) >= 11 is 0. The fourth-order valence-corrected chi connectivity index (χ4v) is 0.928. The van der Waals surface area contributed by atoms with Crippen molar-refractivity contribution in [3.05, 3.63) is 23.7 Å². The quantitative estimate of drug-likeness (QED) is 0.392. The summed E-state index contributed by atoms with van der Waals surface area (Å²) in [6.45, 7) is 1.87. The van der Waals surface area contributed by atoms with Gasteiger partial charge in [0.05, 0.1) is 0 Å². The Morgan fingerprint density at radius 2 is 2.42 bits per heavy atom. The van der Waals surface area contributed by atoms with Crippen LogP contribution in [0.25, 0.3) is 0 Å². The van der Waals surface area contributed by atoms with Gasteiger partial charge < -0.3 is 4.42 Å². The molecule has 0 aromatic carbocycles. The largest absolute Gasteiger partial charge is 0.466 e. The second-order valence-electron chi connectivity index (χ2n) is 2.58. The molecular formula is C8H12N2O2. The molecule has 1 aromatic heterocycles. The fourth-order valence-electron chi connectivity index (χ4n) is 0.928. The van der Waals surface area contributed by atoms with Gasteiger partial charge in [0.1, 0.15) is 11.5 Å². The number of aryl methyl sites for hydroxylation is 2. The molecule has 0 aliphatic carbocycles. The summed E-state index contributed by atoms with van der Waals surface area (Å²) in [6.07, 6.45) is 0.959. The molecule has 1 rings (SSSR count). The Hall–Kier alpha value is -1.29. The second kappa shape index (κ2) is 3.92. The van der Waals surface area contributed by atoms with Crippen molar-refractivity contribution in [1.82, 2.24) is 5.43 Å². The van der Waals surface area contributed by atoms with Crippen LogP contribution in [0.15, 0.2) is 16.5 Å². The zero-order chi connectivity index (χ0) is 8.97. The van der Waals surface area contributed by atoms with E-state index >= 15 is 0 Å². The molecule has 0 radical (unpaired) electrons. The van der Waals surface area contributed by atoms with Crippen LogP contribution in [0, 0.1) is 6.92 Å². The highest BCUT2D eigenvalue weighted by atomic mass is 16.3. The van der Waals surface area contributed by atoms with Gasteiger partial charge >= 0.3 is 0 Å². The molecule has 0 fully saturated rings. The van der Waals surface area contributed by atoms with Gasteiger partial charge in [-0.3, -0.25) is 10.2 Å². The van der Waals surface area contributed by atoms with Gasteiger partial charge in [-0.2, -0.15) is 0 Å². The van der Waals surface area contributed by atoms with Crippen molar-refractivity contribution < 1.29 is 9.21 Å². The van der Waals surface area contributed by atoms with Gasteiger partial charge in [0.2, 0.25) is 5.91 Å². The van der Waals surface area contributed by atoms with Crippen LogP contribution in [-0.2, 0) is 11.2 Å². The number of nitrogens with two attached hydrogens (primary N) is 1. The molecule has 0 spiro atoms. The van der Waals surface area contributed by atoms with E-state index in [9.17, 15) is 4.79 Å². The normalized spacial score (nSPS) is 9.83. The fraction of sp³-hybridized carbons (Fsp3) is 0.375. The Morgan fingerprint density at radius 3 is 2.92 bits per heavy atom. The van der Waals surface area contributed by atoms with E-state index in [2.05, 4.69) is 5.43 Å². The maximum Gasteiger partial charge on any atom is 0.234 e. The highest BCUT2D eigenvalue weighted by Crippen LogP contribution is 2.07. The smallest absolute Gasteiger partial charge is 0.234 e. The highest BCUT2D eigenvalue weighted by molar-refractivity contribution is 5.75. The van der Waals surface area contributed by atoms with Crippen molar-refractivity contribution in [2.24, 2.45) is 5.84 Å². The van der Waals surface area contributed by atoms with E-state index in [4.69, 9.17) is 10.3 Å². The summed E-state index contributed by atoms with van der Waals surface area (Å²) < 4.78 is 5.26. The Kier molecular flexibility index (Phi) is 2.88. The first kappa shape index (κ1) is 8.80. The molecular weight excluding hydrogens is 156 g/mol. The lowest BCUT2D eigenvalue weighted by Crippen LogP contribution is -2.30. The van der Waals surface area contributed by atoms with Crippen molar-refractivity contribution in [1.29, 1.82) is 0 Å². The van der Waals surface area contributed by atoms with Gasteiger partial charge in [0.15, 0.2) is 0 Å². The number of rotatable bonds is 3. The molecule has 0 atom stereocenters. The van der Waals surface area contributed by atoms with E-state index in [1.807, 2.05) is 19.1 Å². The van der Waals surface area contributed by atoms with Gasteiger partial charge in [0.25, 0.3) is 0 Å². The summed E-state index contributed by atoms with van der Waals surface area (Å²) in [6, 6.07) is 3.73. The average molecular weight is 168 g/mol. The molecule has 66 valence electrons. The van der Waals surface area contributed by atoms with Crippen LogP contribution in [-0.4, -0.2) is 5.91 Å². The molecule has 1 amide bonds. The summed E-state index contributed by atoms with van der Waals surface area (Å²) in [5.41, 5.74) is 2.06. The number of hydrogen-bond acceptors (Lipinski definition) is 3. The number of hydrazine groups is 1. The minimum absolute atomic E-state index is 0.177. The molecule has 4 heteroatoms. The van der Waals surface area contributed by atoms with Gasteiger partial charge in [0, 0.05) is 12.8 Å². The Balaban J connectivity index is 2.38. The molecule has 3 N–H and O–H groups in total. The van der Waals surface area contributed by atoms with Crippen LogP contribution in [0.3, 0.4) is 0 Å². The summed E-state index contributed by atoms with van der Waals surface area (Å²) in [5.74, 6) is 6.41. The van der Waals surface area contributed by atoms with E-state index in [1.165, 1.54) is 0 Å². The van der Waals surface area contributed by atoms with Crippen LogP contribution in [0.1, 0.15) is 17.9 Å². The van der Waals surface area contributed by atoms with Gasteiger partial charge in [-0.15, -0.1) is 0 Å². The lowest BCUT2D eigenvalue weighted by atomic mass is 10.2. The monoisotopic (exact) mass is 168 g/mol. The molecule has 0 saturated heterocycles. The number of furan rings is 1. The number of carbonyl (C=O) groups is 1. The van der Waals surface area contributed by atoms with Crippen LogP contribution >= 0.6 is 0 Å². The highest BCUT2D eigenvalue weighted by Gasteiger charge is 2.02. The zero-order valence-corrected chi connectivity index (χ0v) is 6.96. The molecule has 0 unspecified atom stereocenters. The molecule has 0 saturated carbocycles. The van der Waals surface area contributed by atoms with E-state index in [1.54, 1.807) is 0 Å². The maximum absolute atomic E-state index is 10.7. The Bertz CT molecular complexity index is 268. The third-order valence-electron chi connectivity index (χ3n) is 1.56. The van der Waals surface area contributed by atoms with Gasteiger partial charge in [-0.05, 0) is 19.1 Å². The van der Waals surface area contributed by atoms with Crippen molar-refractivity contribution in [3.63, 3.8) is 0 Å². The van der Waals surface area contributed by atoms with Gasteiger partial charge in [-0.1, -0.05) is 0 Å². The molecule has 1 aromatic rings. The zero-order valence-electron chi connectivity index (χ0n) is 6.96. The standard InChI is InChI=1S/C8H12N2O2/c1-6-2-3-7(12-6)4-5-8(11)10-9/h2-3H,4-5,9H2,1H3,(H,10,11). The lowest BCUT2D eigenvalue weighted by molar-refractivity contribution is -0.121. The van der Waals surface area contributed by atoms with Crippen LogP contribution in [0.2, 0.25) is 0 Å². The molecule has 4 nitrogen and oxygen atoms in total. The SMILES string of the molecule is Cc1ccc(CCC(=O)NN)o1. The third-order valence-corrected chi connectivity index (χ3v) is 1.56. The maximum atomic E-state index is 10.7. The molecule has 0 bridgehead atoms. The Labute approximate surface area is 70.7 Å². The van der Waals surface area contributed by atoms with Crippen molar-refractivity contribution in [2.75, 3.05) is 0 Å². The lowest BCUT2D eigenvalue weighted by Gasteiger charge is -1.96. The predicted octanol–water partition coefficient (Wildman–Crippen LogP) is 0.511. The second-order valence-corrected chi connectivity index (χ2v) is 2.58. The van der Waals surface area contributed by atoms with E-state index in [-0.39, 0.29) is 5.91 Å². The molecule has 12 heavy (non-hydrogen) atoms. The van der Waals surface area contributed by atoms with Crippen molar-refractivity contribution in [3.8, 4) is 0 Å². The summed E-state index contributed by atoms with van der Waals surface area (Å²) in [4.78, 5) is 10.7. The minimum Gasteiger partial charge on any atom is -0.466 e. The van der Waals surface area contributed by atoms with Gasteiger partial charge in [-0.25, -0.2) is 5.84 Å². The number of carbonyl (C=O) groups excluding carboxylic acids is 1. The number of nitrogens with one attached hydrogen (secondary N) is 1. The third kappa shape index (κ3) is 2.39. The summed E-state index contributed by atoms with van der Waals surface area (Å²) in [7, 11) is 0. The minimum atomic E-state index is -0.177. The van der Waals surface area contributed by atoms with Crippen LogP contribution in [0.5, 0.6) is 0 Å².